The second-order valence-electron chi connectivity index (χ2n) is 15.3. The number of hydrogen-bond donors (Lipinski definition) is 1. The highest BCUT2D eigenvalue weighted by atomic mass is 127. The SMILES string of the molecule is CC1(C)Cc2nc(C3CCCC3)c(C(O)c3ccc(C(C)(C)C)cc3)c(I)c2C(O[Si](C)(C)C(C)(C)C)C1. The molecule has 0 saturated heterocycles. The Balaban J connectivity index is 1.87. The Morgan fingerprint density at radius 1 is 1.03 bits per heavy atom. The summed E-state index contributed by atoms with van der Waals surface area (Å²) in [5, 5.41) is 12.1. The van der Waals surface area contributed by atoms with Gasteiger partial charge in [0.05, 0.1) is 11.8 Å². The molecule has 2 aliphatic rings. The van der Waals surface area contributed by atoms with Crippen LogP contribution in [0.2, 0.25) is 18.1 Å². The normalized spacial score (nSPS) is 21.4. The predicted molar refractivity (Wildman–Crippen MR) is 170 cm³/mol. The number of aliphatic hydroxyl groups excluding tert-OH is 1. The molecule has 38 heavy (non-hydrogen) atoms. The van der Waals surface area contributed by atoms with Gasteiger partial charge in [-0.05, 0) is 88.4 Å². The molecule has 3 nitrogen and oxygen atoms in total. The zero-order valence-electron chi connectivity index (χ0n) is 25.5. The summed E-state index contributed by atoms with van der Waals surface area (Å²) < 4.78 is 8.34. The highest BCUT2D eigenvalue weighted by molar-refractivity contribution is 14.1. The highest BCUT2D eigenvalue weighted by Gasteiger charge is 2.44. The number of benzene rings is 1. The van der Waals surface area contributed by atoms with Gasteiger partial charge in [0.25, 0.3) is 0 Å². The summed E-state index contributed by atoms with van der Waals surface area (Å²) >= 11 is 2.53. The molecule has 1 fully saturated rings. The summed E-state index contributed by atoms with van der Waals surface area (Å²) in [7, 11) is -2.01. The first-order chi connectivity index (χ1) is 17.4. The zero-order chi connectivity index (χ0) is 28.3. The van der Waals surface area contributed by atoms with Gasteiger partial charge in [0.15, 0.2) is 8.32 Å². The molecule has 1 aromatic heterocycles. The molecule has 2 aliphatic carbocycles. The molecule has 0 spiro atoms. The zero-order valence-corrected chi connectivity index (χ0v) is 28.6. The van der Waals surface area contributed by atoms with Crippen LogP contribution < -0.4 is 0 Å². The number of nitrogens with zero attached hydrogens (tertiary/aromatic N) is 1. The van der Waals surface area contributed by atoms with Crippen molar-refractivity contribution in [2.75, 3.05) is 0 Å². The Hall–Kier alpha value is -0.763. The molecular weight excluding hydrogens is 597 g/mol. The van der Waals surface area contributed by atoms with Crippen LogP contribution in [0, 0.1) is 8.99 Å². The van der Waals surface area contributed by atoms with Crippen LogP contribution >= 0.6 is 22.6 Å². The summed E-state index contributed by atoms with van der Waals surface area (Å²) in [6.07, 6.45) is 6.11. The van der Waals surface area contributed by atoms with E-state index in [1.165, 1.54) is 33.2 Å². The summed E-state index contributed by atoms with van der Waals surface area (Å²) in [6.45, 7) is 23.1. The standard InChI is InChI=1S/C33H50INO2Si/c1-31(2,3)23-17-15-22(16-18-23)30(36)27-28(34)26-24(35-29(27)21-13-11-12-14-21)19-33(7,8)20-25(26)37-38(9,10)32(4,5)6/h15-18,21,25,30,36H,11-14,19-20H2,1-10H3. The fourth-order valence-electron chi connectivity index (χ4n) is 5.98. The molecule has 0 bridgehead atoms. The second kappa shape index (κ2) is 10.6. The summed E-state index contributed by atoms with van der Waals surface area (Å²) in [4.78, 5) is 5.47. The number of rotatable bonds is 5. The maximum Gasteiger partial charge on any atom is 0.192 e. The van der Waals surface area contributed by atoms with Gasteiger partial charge < -0.3 is 9.53 Å². The van der Waals surface area contributed by atoms with E-state index in [-0.39, 0.29) is 22.0 Å². The largest absolute Gasteiger partial charge is 0.410 e. The molecule has 1 N–H and O–H groups in total. The van der Waals surface area contributed by atoms with Crippen molar-refractivity contribution >= 4 is 30.9 Å². The van der Waals surface area contributed by atoms with Gasteiger partial charge in [-0.15, -0.1) is 0 Å². The quantitative estimate of drug-likeness (QED) is 0.260. The average molecular weight is 648 g/mol. The Bertz CT molecular complexity index is 1150. The van der Waals surface area contributed by atoms with E-state index in [0.717, 1.165) is 42.5 Å². The third-order valence-electron chi connectivity index (χ3n) is 9.37. The van der Waals surface area contributed by atoms with Crippen LogP contribution in [-0.2, 0) is 16.3 Å². The van der Waals surface area contributed by atoms with Crippen molar-refractivity contribution in [2.45, 2.75) is 136 Å². The van der Waals surface area contributed by atoms with Crippen molar-refractivity contribution in [3.63, 3.8) is 0 Å². The van der Waals surface area contributed by atoms with E-state index in [9.17, 15) is 5.11 Å². The van der Waals surface area contributed by atoms with Gasteiger partial charge in [0.1, 0.15) is 6.10 Å². The fourth-order valence-corrected chi connectivity index (χ4v) is 8.47. The molecule has 0 radical (unpaired) electrons. The van der Waals surface area contributed by atoms with E-state index in [1.54, 1.807) is 0 Å². The van der Waals surface area contributed by atoms with Crippen LogP contribution in [0.4, 0.5) is 0 Å². The number of aromatic nitrogens is 1. The van der Waals surface area contributed by atoms with E-state index in [1.807, 2.05) is 0 Å². The fraction of sp³-hybridized carbons (Fsp3) is 0.667. The Kier molecular flexibility index (Phi) is 8.40. The van der Waals surface area contributed by atoms with E-state index < -0.39 is 14.4 Å². The minimum atomic E-state index is -2.01. The Morgan fingerprint density at radius 3 is 2.13 bits per heavy atom. The summed E-state index contributed by atoms with van der Waals surface area (Å²) in [5.41, 5.74) is 7.08. The molecule has 2 aromatic rings. The van der Waals surface area contributed by atoms with Crippen molar-refractivity contribution < 1.29 is 9.53 Å². The number of aliphatic hydroxyl groups is 1. The maximum atomic E-state index is 12.0. The van der Waals surface area contributed by atoms with Gasteiger partial charge in [-0.3, -0.25) is 4.98 Å². The molecule has 2 unspecified atom stereocenters. The number of pyridine rings is 1. The molecule has 210 valence electrons. The van der Waals surface area contributed by atoms with Crippen LogP contribution in [0.3, 0.4) is 0 Å². The average Bonchev–Trinajstić information content (AvgIpc) is 3.30. The minimum Gasteiger partial charge on any atom is -0.410 e. The Morgan fingerprint density at radius 2 is 1.61 bits per heavy atom. The van der Waals surface area contributed by atoms with Crippen LogP contribution in [0.1, 0.15) is 139 Å². The van der Waals surface area contributed by atoms with Crippen molar-refractivity contribution in [3.8, 4) is 0 Å². The molecular formula is C33H50INO2Si. The molecule has 0 aliphatic heterocycles. The van der Waals surface area contributed by atoms with Gasteiger partial charge in [-0.25, -0.2) is 0 Å². The van der Waals surface area contributed by atoms with E-state index >= 15 is 0 Å². The topological polar surface area (TPSA) is 42.4 Å². The first-order valence-corrected chi connectivity index (χ1v) is 18.6. The van der Waals surface area contributed by atoms with Gasteiger partial charge >= 0.3 is 0 Å². The molecule has 1 saturated carbocycles. The lowest BCUT2D eigenvalue weighted by atomic mass is 9.74. The lowest BCUT2D eigenvalue weighted by Crippen LogP contribution is -2.44. The predicted octanol–water partition coefficient (Wildman–Crippen LogP) is 9.76. The molecule has 1 heterocycles. The van der Waals surface area contributed by atoms with Crippen LogP contribution in [0.15, 0.2) is 24.3 Å². The van der Waals surface area contributed by atoms with Crippen molar-refractivity contribution in [2.24, 2.45) is 5.41 Å². The molecule has 5 heteroatoms. The first-order valence-electron chi connectivity index (χ1n) is 14.6. The smallest absolute Gasteiger partial charge is 0.192 e. The number of hydrogen-bond acceptors (Lipinski definition) is 3. The molecule has 0 amide bonds. The van der Waals surface area contributed by atoms with Gasteiger partial charge in [-0.1, -0.05) is 92.5 Å². The highest BCUT2D eigenvalue weighted by Crippen LogP contribution is 2.51. The van der Waals surface area contributed by atoms with Crippen molar-refractivity contribution in [3.05, 3.63) is 61.5 Å². The van der Waals surface area contributed by atoms with E-state index in [4.69, 9.17) is 9.41 Å². The van der Waals surface area contributed by atoms with E-state index in [0.29, 0.717) is 5.92 Å². The Labute approximate surface area is 246 Å². The first kappa shape index (κ1) is 30.2. The van der Waals surface area contributed by atoms with Gasteiger partial charge in [0.2, 0.25) is 0 Å². The van der Waals surface area contributed by atoms with Crippen molar-refractivity contribution in [1.82, 2.24) is 4.98 Å². The number of halogens is 1. The minimum absolute atomic E-state index is 0.0147. The van der Waals surface area contributed by atoms with Gasteiger partial charge in [0, 0.05) is 26.3 Å². The summed E-state index contributed by atoms with van der Waals surface area (Å²) in [5.74, 6) is 0.428. The second-order valence-corrected chi connectivity index (χ2v) is 21.1. The number of fused-ring (bicyclic) bond motifs is 1. The van der Waals surface area contributed by atoms with E-state index in [2.05, 4.69) is 115 Å². The monoisotopic (exact) mass is 647 g/mol. The third kappa shape index (κ3) is 6.11. The lowest BCUT2D eigenvalue weighted by Gasteiger charge is -2.44. The summed E-state index contributed by atoms with van der Waals surface area (Å²) in [6, 6.07) is 8.59. The van der Waals surface area contributed by atoms with Crippen LogP contribution in [-0.4, -0.2) is 18.4 Å². The molecule has 4 rings (SSSR count). The van der Waals surface area contributed by atoms with Crippen LogP contribution in [0.5, 0.6) is 0 Å². The van der Waals surface area contributed by atoms with Crippen LogP contribution in [0.25, 0.3) is 0 Å². The van der Waals surface area contributed by atoms with Gasteiger partial charge in [-0.2, -0.15) is 0 Å². The lowest BCUT2D eigenvalue weighted by molar-refractivity contribution is 0.104. The third-order valence-corrected chi connectivity index (χ3v) is 15.0. The molecule has 1 aromatic carbocycles. The molecule has 2 atom stereocenters. The van der Waals surface area contributed by atoms with Crippen molar-refractivity contribution in [1.29, 1.82) is 0 Å². The maximum absolute atomic E-state index is 12.0.